The molecule has 2 aliphatic rings. The Morgan fingerprint density at radius 1 is 1.23 bits per heavy atom. The number of likely N-dealkylation sites (tertiary alicyclic amines) is 1. The summed E-state index contributed by atoms with van der Waals surface area (Å²) < 4.78 is 0. The molecule has 1 fully saturated rings. The van der Waals surface area contributed by atoms with E-state index in [0.717, 1.165) is 6.54 Å². The van der Waals surface area contributed by atoms with Gasteiger partial charge in [-0.15, -0.1) is 0 Å². The molecule has 0 radical (unpaired) electrons. The summed E-state index contributed by atoms with van der Waals surface area (Å²) in [5, 5.41) is 0. The molecule has 0 aliphatic carbocycles. The van der Waals surface area contributed by atoms with Crippen LogP contribution in [-0.2, 0) is 0 Å². The standard InChI is InChI=1S/C11H20N2/c1-10-11(7-5-8-12-10)6-3-4-9-13(11)2/h3-9H2,1-2H3. The van der Waals surface area contributed by atoms with E-state index in [0.29, 0.717) is 5.54 Å². The van der Waals surface area contributed by atoms with Crippen LogP contribution in [0.2, 0.25) is 0 Å². The van der Waals surface area contributed by atoms with Gasteiger partial charge in [-0.2, -0.15) is 0 Å². The van der Waals surface area contributed by atoms with Gasteiger partial charge in [0.1, 0.15) is 0 Å². The summed E-state index contributed by atoms with van der Waals surface area (Å²) in [7, 11) is 2.27. The first kappa shape index (κ1) is 9.20. The number of nitrogens with zero attached hydrogens (tertiary/aromatic N) is 2. The molecular weight excluding hydrogens is 160 g/mol. The molecule has 0 aromatic carbocycles. The van der Waals surface area contributed by atoms with Crippen LogP contribution >= 0.6 is 0 Å². The van der Waals surface area contributed by atoms with Gasteiger partial charge in [-0.1, -0.05) is 0 Å². The first-order valence-electron chi connectivity index (χ1n) is 5.48. The van der Waals surface area contributed by atoms with E-state index < -0.39 is 0 Å². The van der Waals surface area contributed by atoms with E-state index in [2.05, 4.69) is 23.9 Å². The molecule has 13 heavy (non-hydrogen) atoms. The van der Waals surface area contributed by atoms with E-state index in [1.807, 2.05) is 0 Å². The zero-order valence-electron chi connectivity index (χ0n) is 8.84. The quantitative estimate of drug-likeness (QED) is 0.557. The van der Waals surface area contributed by atoms with E-state index in [1.54, 1.807) is 0 Å². The Morgan fingerprint density at radius 3 is 2.69 bits per heavy atom. The average molecular weight is 180 g/mol. The van der Waals surface area contributed by atoms with Crippen molar-refractivity contribution in [3.63, 3.8) is 0 Å². The van der Waals surface area contributed by atoms with Crippen LogP contribution in [0.3, 0.4) is 0 Å². The highest BCUT2D eigenvalue weighted by Gasteiger charge is 2.39. The molecule has 2 nitrogen and oxygen atoms in total. The second-order valence-corrected chi connectivity index (χ2v) is 4.48. The monoisotopic (exact) mass is 180 g/mol. The molecular formula is C11H20N2. The second kappa shape index (κ2) is 3.41. The highest BCUT2D eigenvalue weighted by atomic mass is 15.2. The van der Waals surface area contributed by atoms with Crippen LogP contribution in [0.5, 0.6) is 0 Å². The fraction of sp³-hybridized carbons (Fsp3) is 0.909. The summed E-state index contributed by atoms with van der Waals surface area (Å²) >= 11 is 0. The number of aliphatic imine (C=N–C) groups is 1. The summed E-state index contributed by atoms with van der Waals surface area (Å²) in [6, 6.07) is 0. The van der Waals surface area contributed by atoms with Crippen molar-refractivity contribution in [2.24, 2.45) is 4.99 Å². The van der Waals surface area contributed by atoms with Gasteiger partial charge in [-0.3, -0.25) is 9.89 Å². The summed E-state index contributed by atoms with van der Waals surface area (Å²) in [5.74, 6) is 0. The van der Waals surface area contributed by atoms with Gasteiger partial charge in [0.2, 0.25) is 0 Å². The maximum absolute atomic E-state index is 4.63. The topological polar surface area (TPSA) is 15.6 Å². The van der Waals surface area contributed by atoms with Crippen LogP contribution in [0.1, 0.15) is 39.0 Å². The van der Waals surface area contributed by atoms with E-state index in [4.69, 9.17) is 0 Å². The van der Waals surface area contributed by atoms with Crippen molar-refractivity contribution in [3.8, 4) is 0 Å². The van der Waals surface area contributed by atoms with Crippen molar-refractivity contribution in [3.05, 3.63) is 0 Å². The van der Waals surface area contributed by atoms with Crippen molar-refractivity contribution in [1.29, 1.82) is 0 Å². The lowest BCUT2D eigenvalue weighted by molar-refractivity contribution is 0.119. The van der Waals surface area contributed by atoms with E-state index in [-0.39, 0.29) is 0 Å². The van der Waals surface area contributed by atoms with Crippen molar-refractivity contribution < 1.29 is 0 Å². The predicted molar refractivity (Wildman–Crippen MR) is 56.4 cm³/mol. The van der Waals surface area contributed by atoms with Gasteiger partial charge in [-0.25, -0.2) is 0 Å². The SMILES string of the molecule is CC1=NCCCC12CCCCN2C. The number of hydrogen-bond donors (Lipinski definition) is 0. The zero-order valence-corrected chi connectivity index (χ0v) is 8.84. The second-order valence-electron chi connectivity index (χ2n) is 4.48. The Balaban J connectivity index is 2.24. The number of piperidine rings is 1. The summed E-state index contributed by atoms with van der Waals surface area (Å²) in [6.45, 7) is 4.54. The predicted octanol–water partition coefficient (Wildman–Crippen LogP) is 2.10. The lowest BCUT2D eigenvalue weighted by Crippen LogP contribution is -2.55. The minimum atomic E-state index is 0.358. The van der Waals surface area contributed by atoms with Crippen LogP contribution in [0.15, 0.2) is 4.99 Å². The molecule has 1 saturated heterocycles. The fourth-order valence-electron chi connectivity index (χ4n) is 2.89. The highest BCUT2D eigenvalue weighted by Crippen LogP contribution is 2.34. The molecule has 0 saturated carbocycles. The first-order valence-corrected chi connectivity index (χ1v) is 5.48. The van der Waals surface area contributed by atoms with Gasteiger partial charge in [0.15, 0.2) is 0 Å². The van der Waals surface area contributed by atoms with Crippen LogP contribution in [-0.4, -0.2) is 36.3 Å². The molecule has 0 amide bonds. The maximum atomic E-state index is 4.63. The van der Waals surface area contributed by atoms with Crippen LogP contribution in [0, 0.1) is 0 Å². The molecule has 1 unspecified atom stereocenters. The number of hydrogen-bond acceptors (Lipinski definition) is 2. The third kappa shape index (κ3) is 1.41. The Hall–Kier alpha value is -0.370. The molecule has 2 aliphatic heterocycles. The molecule has 2 heterocycles. The Morgan fingerprint density at radius 2 is 2.00 bits per heavy atom. The van der Waals surface area contributed by atoms with E-state index in [9.17, 15) is 0 Å². The molecule has 1 atom stereocenters. The molecule has 0 aromatic rings. The Kier molecular flexibility index (Phi) is 2.41. The third-order valence-electron chi connectivity index (χ3n) is 3.84. The lowest BCUT2D eigenvalue weighted by atomic mass is 9.78. The van der Waals surface area contributed by atoms with Crippen LogP contribution < -0.4 is 0 Å². The average Bonchev–Trinajstić information content (AvgIpc) is 2.15. The largest absolute Gasteiger partial charge is 0.296 e. The highest BCUT2D eigenvalue weighted by molar-refractivity contribution is 5.92. The lowest BCUT2D eigenvalue weighted by Gasteiger charge is -2.47. The molecule has 0 bridgehead atoms. The molecule has 1 spiro atoms. The third-order valence-corrected chi connectivity index (χ3v) is 3.84. The molecule has 0 aromatic heterocycles. The summed E-state index contributed by atoms with van der Waals surface area (Å²) in [6.07, 6.45) is 6.70. The molecule has 2 heteroatoms. The van der Waals surface area contributed by atoms with Crippen molar-refractivity contribution in [2.75, 3.05) is 20.1 Å². The van der Waals surface area contributed by atoms with Crippen molar-refractivity contribution in [2.45, 2.75) is 44.6 Å². The maximum Gasteiger partial charge on any atom is 0.0584 e. The van der Waals surface area contributed by atoms with Gasteiger partial charge < -0.3 is 0 Å². The first-order chi connectivity index (χ1) is 6.26. The van der Waals surface area contributed by atoms with Gasteiger partial charge in [-0.05, 0) is 52.6 Å². The minimum Gasteiger partial charge on any atom is -0.296 e. The van der Waals surface area contributed by atoms with E-state index >= 15 is 0 Å². The Labute approximate surface area is 81.0 Å². The van der Waals surface area contributed by atoms with Gasteiger partial charge in [0.05, 0.1) is 5.54 Å². The summed E-state index contributed by atoms with van der Waals surface area (Å²) in [5.41, 5.74) is 1.75. The van der Waals surface area contributed by atoms with Crippen LogP contribution in [0.4, 0.5) is 0 Å². The molecule has 0 N–H and O–H groups in total. The normalized spacial score (nSPS) is 36.3. The smallest absolute Gasteiger partial charge is 0.0584 e. The summed E-state index contributed by atoms with van der Waals surface area (Å²) in [4.78, 5) is 7.17. The molecule has 2 rings (SSSR count). The fourth-order valence-corrected chi connectivity index (χ4v) is 2.89. The Bertz CT molecular complexity index is 222. The number of rotatable bonds is 0. The van der Waals surface area contributed by atoms with Crippen LogP contribution in [0.25, 0.3) is 0 Å². The van der Waals surface area contributed by atoms with Gasteiger partial charge >= 0.3 is 0 Å². The van der Waals surface area contributed by atoms with Crippen molar-refractivity contribution in [1.82, 2.24) is 4.90 Å². The van der Waals surface area contributed by atoms with E-state index in [1.165, 1.54) is 44.4 Å². The molecule has 74 valence electrons. The zero-order chi connectivity index (χ0) is 9.31. The minimum absolute atomic E-state index is 0.358. The van der Waals surface area contributed by atoms with Crippen molar-refractivity contribution >= 4 is 5.71 Å². The van der Waals surface area contributed by atoms with Gasteiger partial charge in [0.25, 0.3) is 0 Å². The van der Waals surface area contributed by atoms with Gasteiger partial charge in [0, 0.05) is 12.3 Å².